The van der Waals surface area contributed by atoms with Gasteiger partial charge >= 0.3 is 6.09 Å². The average molecular weight is 295 g/mol. The van der Waals surface area contributed by atoms with Gasteiger partial charge in [-0.05, 0) is 27.2 Å². The number of hydrogen-bond acceptors (Lipinski definition) is 4. The maximum atomic E-state index is 12.5. The van der Waals surface area contributed by atoms with Crippen LogP contribution in [-0.4, -0.2) is 45.4 Å². The normalized spacial score (nSPS) is 22.6. The highest BCUT2D eigenvalue weighted by Gasteiger charge is 2.39. The van der Waals surface area contributed by atoms with Crippen molar-refractivity contribution in [2.24, 2.45) is 0 Å². The monoisotopic (exact) mass is 295 g/mol. The molecule has 2 atom stereocenters. The molecule has 1 amide bonds. The molecule has 6 heteroatoms. The number of H-pyrrole nitrogens is 1. The van der Waals surface area contributed by atoms with Crippen LogP contribution in [0, 0.1) is 0 Å². The summed E-state index contributed by atoms with van der Waals surface area (Å²) >= 11 is 0. The molecule has 0 radical (unpaired) electrons. The summed E-state index contributed by atoms with van der Waals surface area (Å²) in [5.74, 6) is 0. The number of ether oxygens (including phenoxy) is 2. The van der Waals surface area contributed by atoms with Crippen molar-refractivity contribution in [1.82, 2.24) is 14.9 Å². The summed E-state index contributed by atoms with van der Waals surface area (Å²) in [5, 5.41) is 0. The molecule has 1 aliphatic rings. The van der Waals surface area contributed by atoms with Crippen LogP contribution in [0.3, 0.4) is 0 Å². The number of imidazole rings is 1. The molecule has 21 heavy (non-hydrogen) atoms. The Morgan fingerprint density at radius 3 is 2.90 bits per heavy atom. The zero-order valence-electron chi connectivity index (χ0n) is 13.3. The van der Waals surface area contributed by atoms with Gasteiger partial charge in [0.2, 0.25) is 0 Å². The van der Waals surface area contributed by atoms with E-state index in [2.05, 4.69) is 16.9 Å². The Morgan fingerprint density at radius 2 is 2.33 bits per heavy atom. The summed E-state index contributed by atoms with van der Waals surface area (Å²) in [6.07, 6.45) is 5.43. The lowest BCUT2D eigenvalue weighted by Gasteiger charge is -2.30. The third kappa shape index (κ3) is 4.20. The topological polar surface area (TPSA) is 67.5 Å². The van der Waals surface area contributed by atoms with E-state index in [1.807, 2.05) is 27.0 Å². The minimum atomic E-state index is -0.507. The van der Waals surface area contributed by atoms with Gasteiger partial charge in [-0.1, -0.05) is 13.3 Å². The van der Waals surface area contributed by atoms with Crippen molar-refractivity contribution in [3.8, 4) is 0 Å². The summed E-state index contributed by atoms with van der Waals surface area (Å²) in [6.45, 7) is 8.23. The Hall–Kier alpha value is -1.56. The van der Waals surface area contributed by atoms with Crippen molar-refractivity contribution in [2.75, 3.05) is 6.61 Å². The maximum absolute atomic E-state index is 12.5. The van der Waals surface area contributed by atoms with Gasteiger partial charge in [-0.15, -0.1) is 0 Å². The Kier molecular flexibility index (Phi) is 4.88. The number of nitrogens with one attached hydrogen (secondary N) is 1. The number of hydrogen-bond donors (Lipinski definition) is 1. The van der Waals surface area contributed by atoms with Crippen LogP contribution in [0.25, 0.3) is 0 Å². The van der Waals surface area contributed by atoms with E-state index in [1.54, 1.807) is 11.2 Å². The molecule has 0 saturated carbocycles. The van der Waals surface area contributed by atoms with Gasteiger partial charge in [0.15, 0.2) is 0 Å². The minimum absolute atomic E-state index is 0.0281. The van der Waals surface area contributed by atoms with E-state index in [0.29, 0.717) is 13.0 Å². The van der Waals surface area contributed by atoms with E-state index >= 15 is 0 Å². The van der Waals surface area contributed by atoms with Crippen molar-refractivity contribution >= 4 is 6.09 Å². The fraction of sp³-hybridized carbons (Fsp3) is 0.733. The Bertz CT molecular complexity index is 453. The zero-order valence-corrected chi connectivity index (χ0v) is 13.3. The Balaban J connectivity index is 2.10. The predicted octanol–water partition coefficient (Wildman–Crippen LogP) is 2.71. The first-order valence-electron chi connectivity index (χ1n) is 7.51. The fourth-order valence-electron chi connectivity index (χ4n) is 2.47. The molecule has 2 heterocycles. The summed E-state index contributed by atoms with van der Waals surface area (Å²) in [4.78, 5) is 21.4. The van der Waals surface area contributed by atoms with E-state index in [4.69, 9.17) is 9.47 Å². The second-order valence-electron chi connectivity index (χ2n) is 6.38. The van der Waals surface area contributed by atoms with Crippen LogP contribution in [0.1, 0.15) is 46.2 Å². The van der Waals surface area contributed by atoms with E-state index in [1.165, 1.54) is 0 Å². The van der Waals surface area contributed by atoms with Crippen molar-refractivity contribution < 1.29 is 14.3 Å². The number of aromatic amines is 1. The largest absolute Gasteiger partial charge is 0.444 e. The van der Waals surface area contributed by atoms with Crippen molar-refractivity contribution in [3.05, 3.63) is 18.2 Å². The summed E-state index contributed by atoms with van der Waals surface area (Å²) in [5.41, 5.74) is 0.419. The molecule has 6 nitrogen and oxygen atoms in total. The van der Waals surface area contributed by atoms with Gasteiger partial charge in [-0.3, -0.25) is 4.90 Å². The minimum Gasteiger partial charge on any atom is -0.444 e. The van der Waals surface area contributed by atoms with Gasteiger partial charge in [0.1, 0.15) is 11.8 Å². The molecule has 0 unspecified atom stereocenters. The first-order valence-corrected chi connectivity index (χ1v) is 7.51. The van der Waals surface area contributed by atoms with E-state index in [0.717, 1.165) is 18.5 Å². The molecule has 1 aromatic rings. The smallest absolute Gasteiger partial charge is 0.412 e. The van der Waals surface area contributed by atoms with Crippen LogP contribution in [0.4, 0.5) is 4.79 Å². The molecule has 1 N–H and O–H groups in total. The van der Waals surface area contributed by atoms with Crippen LogP contribution >= 0.6 is 0 Å². The quantitative estimate of drug-likeness (QED) is 0.927. The molecular formula is C15H25N3O3. The number of carbonyl (C=O) groups is 1. The van der Waals surface area contributed by atoms with Crippen molar-refractivity contribution in [1.29, 1.82) is 0 Å². The number of aromatic nitrogens is 2. The third-order valence-electron chi connectivity index (χ3n) is 3.32. The van der Waals surface area contributed by atoms with E-state index in [9.17, 15) is 4.79 Å². The highest BCUT2D eigenvalue weighted by molar-refractivity contribution is 5.69. The molecule has 0 spiro atoms. The lowest BCUT2D eigenvalue weighted by atomic mass is 10.1. The molecule has 0 bridgehead atoms. The Labute approximate surface area is 125 Å². The van der Waals surface area contributed by atoms with Crippen molar-refractivity contribution in [3.63, 3.8) is 0 Å². The second-order valence-corrected chi connectivity index (χ2v) is 6.38. The van der Waals surface area contributed by atoms with Gasteiger partial charge in [0.25, 0.3) is 0 Å². The van der Waals surface area contributed by atoms with Crippen LogP contribution < -0.4 is 0 Å². The molecule has 0 aliphatic carbocycles. The summed E-state index contributed by atoms with van der Waals surface area (Å²) in [6, 6.07) is -0.0281. The van der Waals surface area contributed by atoms with Gasteiger partial charge in [0, 0.05) is 12.6 Å². The summed E-state index contributed by atoms with van der Waals surface area (Å²) < 4.78 is 11.3. The number of nitrogens with zero attached hydrogens (tertiary/aromatic N) is 2. The molecule has 1 aliphatic heterocycles. The standard InChI is InChI=1S/C15H25N3O3/c1-5-6-13-18(14(19)21-15(2,3)4)12(9-20-13)7-11-8-16-10-17-11/h8,10,12-13H,5-7,9H2,1-4H3,(H,16,17)/t12-,13-/m0/s1. The molecule has 2 rings (SSSR count). The van der Waals surface area contributed by atoms with Crippen LogP contribution in [0.5, 0.6) is 0 Å². The zero-order chi connectivity index (χ0) is 15.5. The van der Waals surface area contributed by atoms with Crippen LogP contribution in [-0.2, 0) is 15.9 Å². The molecule has 0 aromatic carbocycles. The van der Waals surface area contributed by atoms with Gasteiger partial charge in [-0.25, -0.2) is 9.78 Å². The van der Waals surface area contributed by atoms with Gasteiger partial charge in [-0.2, -0.15) is 0 Å². The highest BCUT2D eigenvalue weighted by Crippen LogP contribution is 2.25. The lowest BCUT2D eigenvalue weighted by Crippen LogP contribution is -2.45. The van der Waals surface area contributed by atoms with Crippen molar-refractivity contribution in [2.45, 2.75) is 64.8 Å². The SMILES string of the molecule is CCC[C@@H]1OC[C@H](Cc2c[nH]cn2)N1C(=O)OC(C)(C)C. The lowest BCUT2D eigenvalue weighted by molar-refractivity contribution is -0.0158. The van der Waals surface area contributed by atoms with E-state index in [-0.39, 0.29) is 18.4 Å². The number of carbonyl (C=O) groups excluding carboxylic acids is 1. The highest BCUT2D eigenvalue weighted by atomic mass is 16.6. The molecule has 118 valence electrons. The molecular weight excluding hydrogens is 270 g/mol. The molecule has 1 aromatic heterocycles. The predicted molar refractivity (Wildman–Crippen MR) is 78.8 cm³/mol. The number of rotatable bonds is 4. The average Bonchev–Trinajstić information content (AvgIpc) is 2.98. The van der Waals surface area contributed by atoms with Crippen LogP contribution in [0.15, 0.2) is 12.5 Å². The van der Waals surface area contributed by atoms with Gasteiger partial charge < -0.3 is 14.5 Å². The van der Waals surface area contributed by atoms with E-state index < -0.39 is 5.60 Å². The molecule has 1 saturated heterocycles. The first kappa shape index (κ1) is 15.8. The second kappa shape index (κ2) is 6.47. The Morgan fingerprint density at radius 1 is 1.57 bits per heavy atom. The third-order valence-corrected chi connectivity index (χ3v) is 3.32. The fourth-order valence-corrected chi connectivity index (χ4v) is 2.47. The number of amides is 1. The molecule has 1 fully saturated rings. The maximum Gasteiger partial charge on any atom is 0.412 e. The van der Waals surface area contributed by atoms with Gasteiger partial charge in [0.05, 0.1) is 24.7 Å². The summed E-state index contributed by atoms with van der Waals surface area (Å²) in [7, 11) is 0. The van der Waals surface area contributed by atoms with Crippen LogP contribution in [0.2, 0.25) is 0 Å². The first-order chi connectivity index (χ1) is 9.90.